The van der Waals surface area contributed by atoms with E-state index in [0.29, 0.717) is 0 Å². The van der Waals surface area contributed by atoms with Crippen molar-refractivity contribution in [3.05, 3.63) is 0 Å². The second-order valence-electron chi connectivity index (χ2n) is 4.29. The smallest absolute Gasteiger partial charge is 0.240 e. The fraction of sp³-hybridized carbons (Fsp3) is 0.900. The van der Waals surface area contributed by atoms with Crippen molar-refractivity contribution in [2.24, 2.45) is 5.92 Å². The van der Waals surface area contributed by atoms with Crippen LogP contribution in [-0.2, 0) is 4.79 Å². The molecule has 0 aromatic heterocycles. The van der Waals surface area contributed by atoms with Gasteiger partial charge < -0.3 is 4.90 Å². The molecule has 1 N–H and O–H groups in total. The fourth-order valence-corrected chi connectivity index (χ4v) is 2.91. The van der Waals surface area contributed by atoms with E-state index < -0.39 is 0 Å². The highest BCUT2D eigenvalue weighted by atomic mass is 32.2. The minimum absolute atomic E-state index is 0.0741. The highest BCUT2D eigenvalue weighted by molar-refractivity contribution is 7.99. The van der Waals surface area contributed by atoms with Crippen LogP contribution >= 0.6 is 11.8 Å². The van der Waals surface area contributed by atoms with E-state index in [1.807, 2.05) is 23.7 Å². The Balaban J connectivity index is 1.77. The van der Waals surface area contributed by atoms with E-state index in [4.69, 9.17) is 0 Å². The van der Waals surface area contributed by atoms with E-state index in [2.05, 4.69) is 5.32 Å². The van der Waals surface area contributed by atoms with Crippen LogP contribution in [0.15, 0.2) is 0 Å². The SMILES string of the molecule is CN(CC1CCC1)C(=O)[C@H]1CSCN1. The molecule has 80 valence electrons. The van der Waals surface area contributed by atoms with Crippen molar-refractivity contribution in [1.29, 1.82) is 0 Å². The maximum absolute atomic E-state index is 11.9. The van der Waals surface area contributed by atoms with E-state index in [9.17, 15) is 4.79 Å². The van der Waals surface area contributed by atoms with Crippen molar-refractivity contribution in [3.8, 4) is 0 Å². The van der Waals surface area contributed by atoms with E-state index >= 15 is 0 Å². The molecule has 4 heteroatoms. The zero-order valence-electron chi connectivity index (χ0n) is 8.66. The predicted octanol–water partition coefficient (Wildman–Crippen LogP) is 0.907. The Morgan fingerprint density at radius 1 is 1.57 bits per heavy atom. The number of nitrogens with zero attached hydrogens (tertiary/aromatic N) is 1. The van der Waals surface area contributed by atoms with Gasteiger partial charge in [0.15, 0.2) is 0 Å². The lowest BCUT2D eigenvalue weighted by atomic mass is 9.85. The monoisotopic (exact) mass is 214 g/mol. The molecule has 0 aromatic rings. The number of hydrogen-bond acceptors (Lipinski definition) is 3. The third kappa shape index (κ3) is 2.23. The molecule has 0 unspecified atom stereocenters. The molecular weight excluding hydrogens is 196 g/mol. The molecule has 1 saturated heterocycles. The van der Waals surface area contributed by atoms with Crippen molar-refractivity contribution in [2.45, 2.75) is 25.3 Å². The average Bonchev–Trinajstić information content (AvgIpc) is 2.62. The summed E-state index contributed by atoms with van der Waals surface area (Å²) in [6.45, 7) is 0.960. The maximum Gasteiger partial charge on any atom is 0.240 e. The van der Waals surface area contributed by atoms with Crippen LogP contribution in [0.1, 0.15) is 19.3 Å². The lowest BCUT2D eigenvalue weighted by Gasteiger charge is -2.31. The first-order valence-corrected chi connectivity index (χ1v) is 6.49. The Morgan fingerprint density at radius 2 is 2.36 bits per heavy atom. The van der Waals surface area contributed by atoms with Crippen LogP contribution in [0.25, 0.3) is 0 Å². The van der Waals surface area contributed by atoms with E-state index in [0.717, 1.165) is 24.1 Å². The fourth-order valence-electron chi connectivity index (χ4n) is 1.97. The first-order chi connectivity index (χ1) is 6.77. The number of carbonyl (C=O) groups excluding carboxylic acids is 1. The van der Waals surface area contributed by atoms with Gasteiger partial charge in [0.05, 0.1) is 6.04 Å². The Hall–Kier alpha value is -0.220. The van der Waals surface area contributed by atoms with Gasteiger partial charge in [-0.15, -0.1) is 11.8 Å². The highest BCUT2D eigenvalue weighted by Crippen LogP contribution is 2.27. The quantitative estimate of drug-likeness (QED) is 0.758. The number of rotatable bonds is 3. The van der Waals surface area contributed by atoms with Gasteiger partial charge in [-0.05, 0) is 18.8 Å². The van der Waals surface area contributed by atoms with Crippen molar-refractivity contribution < 1.29 is 4.79 Å². The molecule has 0 aromatic carbocycles. The molecule has 1 heterocycles. The van der Waals surface area contributed by atoms with Gasteiger partial charge in [-0.2, -0.15) is 0 Å². The summed E-state index contributed by atoms with van der Waals surface area (Å²) in [5.41, 5.74) is 0. The predicted molar refractivity (Wildman–Crippen MR) is 59.2 cm³/mol. The third-order valence-corrected chi connectivity index (χ3v) is 4.09. The van der Waals surface area contributed by atoms with Crippen LogP contribution in [0.3, 0.4) is 0 Å². The second kappa shape index (κ2) is 4.53. The number of likely N-dealkylation sites (N-methyl/N-ethyl adjacent to an activating group) is 1. The van der Waals surface area contributed by atoms with Crippen molar-refractivity contribution in [2.75, 3.05) is 25.2 Å². The van der Waals surface area contributed by atoms with Gasteiger partial charge in [0.2, 0.25) is 5.91 Å². The molecule has 3 nitrogen and oxygen atoms in total. The van der Waals surface area contributed by atoms with Gasteiger partial charge in [0.25, 0.3) is 0 Å². The number of carbonyl (C=O) groups is 1. The van der Waals surface area contributed by atoms with Gasteiger partial charge in [-0.1, -0.05) is 6.42 Å². The Labute approximate surface area is 89.6 Å². The molecule has 2 rings (SSSR count). The van der Waals surface area contributed by atoms with E-state index in [-0.39, 0.29) is 11.9 Å². The molecular formula is C10H18N2OS. The van der Waals surface area contributed by atoms with E-state index in [1.165, 1.54) is 19.3 Å². The molecule has 14 heavy (non-hydrogen) atoms. The van der Waals surface area contributed by atoms with Crippen LogP contribution in [0.4, 0.5) is 0 Å². The summed E-state index contributed by atoms with van der Waals surface area (Å²) in [5, 5.41) is 3.22. The number of thioether (sulfide) groups is 1. The number of nitrogens with one attached hydrogen (secondary N) is 1. The first-order valence-electron chi connectivity index (χ1n) is 5.33. The van der Waals surface area contributed by atoms with Gasteiger partial charge in [-0.3, -0.25) is 10.1 Å². The van der Waals surface area contributed by atoms with Crippen LogP contribution < -0.4 is 5.32 Å². The normalized spacial score (nSPS) is 27.4. The second-order valence-corrected chi connectivity index (χ2v) is 5.32. The van der Waals surface area contributed by atoms with Crippen LogP contribution in [0.5, 0.6) is 0 Å². The minimum Gasteiger partial charge on any atom is -0.344 e. The molecule has 1 atom stereocenters. The Morgan fingerprint density at radius 3 is 2.86 bits per heavy atom. The molecule has 0 bridgehead atoms. The summed E-state index contributed by atoms with van der Waals surface area (Å²) in [7, 11) is 1.94. The molecule has 1 aliphatic heterocycles. The van der Waals surface area contributed by atoms with Gasteiger partial charge >= 0.3 is 0 Å². The molecule has 0 spiro atoms. The molecule has 1 amide bonds. The summed E-state index contributed by atoms with van der Waals surface area (Å²) in [5.74, 6) is 2.92. The van der Waals surface area contributed by atoms with Gasteiger partial charge in [0, 0.05) is 25.2 Å². The topological polar surface area (TPSA) is 32.3 Å². The third-order valence-electron chi connectivity index (χ3n) is 3.15. The maximum atomic E-state index is 11.9. The van der Waals surface area contributed by atoms with Crippen LogP contribution in [0, 0.1) is 5.92 Å². The van der Waals surface area contributed by atoms with Crippen molar-refractivity contribution in [1.82, 2.24) is 10.2 Å². The zero-order valence-corrected chi connectivity index (χ0v) is 9.48. The molecule has 2 fully saturated rings. The van der Waals surface area contributed by atoms with Crippen molar-refractivity contribution in [3.63, 3.8) is 0 Å². The Kier molecular flexibility index (Phi) is 3.34. The standard InChI is InChI=1S/C10H18N2OS/c1-12(5-8-3-2-4-8)10(13)9-6-14-7-11-9/h8-9,11H,2-7H2,1H3/t9-/m1/s1. The zero-order chi connectivity index (χ0) is 9.97. The largest absolute Gasteiger partial charge is 0.344 e. The molecule has 0 radical (unpaired) electrons. The van der Waals surface area contributed by atoms with Gasteiger partial charge in [-0.25, -0.2) is 0 Å². The van der Waals surface area contributed by atoms with Crippen LogP contribution in [0.2, 0.25) is 0 Å². The number of hydrogen-bond donors (Lipinski definition) is 1. The lowest BCUT2D eigenvalue weighted by molar-refractivity contribution is -0.132. The first kappa shape index (κ1) is 10.3. The molecule has 2 aliphatic rings. The number of amides is 1. The molecule has 1 saturated carbocycles. The Bertz CT molecular complexity index is 212. The summed E-state index contributed by atoms with van der Waals surface area (Å²) < 4.78 is 0. The summed E-state index contributed by atoms with van der Waals surface area (Å²) in [6.07, 6.45) is 3.97. The van der Waals surface area contributed by atoms with Crippen molar-refractivity contribution >= 4 is 17.7 Å². The highest BCUT2D eigenvalue weighted by Gasteiger charge is 2.28. The van der Waals surface area contributed by atoms with Crippen LogP contribution in [-0.4, -0.2) is 42.1 Å². The molecule has 1 aliphatic carbocycles. The van der Waals surface area contributed by atoms with E-state index in [1.54, 1.807) is 0 Å². The lowest BCUT2D eigenvalue weighted by Crippen LogP contribution is -2.45. The minimum atomic E-state index is 0.0741. The summed E-state index contributed by atoms with van der Waals surface area (Å²) in [4.78, 5) is 13.8. The average molecular weight is 214 g/mol. The van der Waals surface area contributed by atoms with Gasteiger partial charge in [0.1, 0.15) is 0 Å². The summed E-state index contributed by atoms with van der Waals surface area (Å²) in [6, 6.07) is 0.0741. The summed E-state index contributed by atoms with van der Waals surface area (Å²) >= 11 is 1.81.